The maximum atomic E-state index is 12.0. The first-order valence-corrected chi connectivity index (χ1v) is 7.20. The molecule has 2 rings (SSSR count). The summed E-state index contributed by atoms with van der Waals surface area (Å²) in [6.45, 7) is 3.89. The maximum Gasteiger partial charge on any atom is 0.238 e. The molecular formula is C15H19ClN2O2. The molecule has 0 aromatic heterocycles. The van der Waals surface area contributed by atoms with Gasteiger partial charge in [0.15, 0.2) is 0 Å². The lowest BCUT2D eigenvalue weighted by Gasteiger charge is -2.28. The molecule has 1 aliphatic rings. The third kappa shape index (κ3) is 4.05. The third-order valence-corrected chi connectivity index (χ3v) is 3.89. The SMILES string of the molecule is Cc1cc(Cl)ccc1NC(=O)CN1CCC(C=O)CC1. The fourth-order valence-corrected chi connectivity index (χ4v) is 2.63. The van der Waals surface area contributed by atoms with Crippen molar-refractivity contribution in [1.29, 1.82) is 0 Å². The Morgan fingerprint density at radius 1 is 1.45 bits per heavy atom. The second-order valence-corrected chi connectivity index (χ2v) is 5.69. The van der Waals surface area contributed by atoms with Crippen LogP contribution in [0, 0.1) is 12.8 Å². The summed E-state index contributed by atoms with van der Waals surface area (Å²) in [6, 6.07) is 5.40. The molecule has 1 fully saturated rings. The highest BCUT2D eigenvalue weighted by atomic mass is 35.5. The second kappa shape index (κ2) is 6.86. The van der Waals surface area contributed by atoms with E-state index in [2.05, 4.69) is 10.2 Å². The van der Waals surface area contributed by atoms with Crippen molar-refractivity contribution in [3.05, 3.63) is 28.8 Å². The average molecular weight is 295 g/mol. The molecule has 0 spiro atoms. The summed E-state index contributed by atoms with van der Waals surface area (Å²) in [7, 11) is 0. The predicted molar refractivity (Wildman–Crippen MR) is 80.0 cm³/mol. The van der Waals surface area contributed by atoms with Gasteiger partial charge in [0.1, 0.15) is 6.29 Å². The van der Waals surface area contributed by atoms with Crippen LogP contribution < -0.4 is 5.32 Å². The van der Waals surface area contributed by atoms with E-state index in [1.165, 1.54) is 0 Å². The van der Waals surface area contributed by atoms with Crippen molar-refractivity contribution < 1.29 is 9.59 Å². The van der Waals surface area contributed by atoms with Gasteiger partial charge in [-0.25, -0.2) is 0 Å². The Labute approximate surface area is 124 Å². The third-order valence-electron chi connectivity index (χ3n) is 3.65. The van der Waals surface area contributed by atoms with Crippen molar-refractivity contribution in [2.45, 2.75) is 19.8 Å². The van der Waals surface area contributed by atoms with Crippen LogP contribution >= 0.6 is 11.6 Å². The number of hydrogen-bond acceptors (Lipinski definition) is 3. The fraction of sp³-hybridized carbons (Fsp3) is 0.467. The number of likely N-dealkylation sites (tertiary alicyclic amines) is 1. The van der Waals surface area contributed by atoms with Gasteiger partial charge < -0.3 is 10.1 Å². The van der Waals surface area contributed by atoms with Crippen molar-refractivity contribution in [2.24, 2.45) is 5.92 Å². The van der Waals surface area contributed by atoms with Crippen LogP contribution in [0.2, 0.25) is 5.02 Å². The number of hydrogen-bond donors (Lipinski definition) is 1. The van der Waals surface area contributed by atoms with Gasteiger partial charge in [-0.15, -0.1) is 0 Å². The van der Waals surface area contributed by atoms with Crippen molar-refractivity contribution >= 4 is 29.5 Å². The second-order valence-electron chi connectivity index (χ2n) is 5.26. The van der Waals surface area contributed by atoms with Crippen LogP contribution in [0.1, 0.15) is 18.4 Å². The zero-order valence-electron chi connectivity index (χ0n) is 11.6. The summed E-state index contributed by atoms with van der Waals surface area (Å²) < 4.78 is 0. The van der Waals surface area contributed by atoms with Gasteiger partial charge in [0.05, 0.1) is 6.54 Å². The van der Waals surface area contributed by atoms with Crippen molar-refractivity contribution in [3.8, 4) is 0 Å². The molecule has 0 saturated carbocycles. The number of piperidine rings is 1. The molecule has 1 aromatic carbocycles. The highest BCUT2D eigenvalue weighted by Gasteiger charge is 2.20. The first-order valence-electron chi connectivity index (χ1n) is 6.82. The van der Waals surface area contributed by atoms with Crippen LogP contribution in [-0.2, 0) is 9.59 Å². The zero-order chi connectivity index (χ0) is 14.5. The zero-order valence-corrected chi connectivity index (χ0v) is 12.3. The van der Waals surface area contributed by atoms with Crippen LogP contribution in [0.3, 0.4) is 0 Å². The van der Waals surface area contributed by atoms with Gasteiger partial charge in [0.25, 0.3) is 0 Å². The van der Waals surface area contributed by atoms with Crippen molar-refractivity contribution in [3.63, 3.8) is 0 Å². The average Bonchev–Trinajstić information content (AvgIpc) is 2.43. The molecule has 1 N–H and O–H groups in total. The number of nitrogens with one attached hydrogen (secondary N) is 1. The summed E-state index contributed by atoms with van der Waals surface area (Å²) >= 11 is 5.89. The van der Waals surface area contributed by atoms with Crippen molar-refractivity contribution in [2.75, 3.05) is 25.0 Å². The van der Waals surface area contributed by atoms with E-state index in [0.717, 1.165) is 43.5 Å². The molecule has 0 radical (unpaired) electrons. The maximum absolute atomic E-state index is 12.0. The molecule has 20 heavy (non-hydrogen) atoms. The first-order chi connectivity index (χ1) is 9.58. The summed E-state index contributed by atoms with van der Waals surface area (Å²) in [6.07, 6.45) is 2.71. The van der Waals surface area contributed by atoms with Crippen molar-refractivity contribution in [1.82, 2.24) is 4.90 Å². The molecule has 1 amide bonds. The number of amides is 1. The van der Waals surface area contributed by atoms with Gasteiger partial charge in [-0.1, -0.05) is 11.6 Å². The summed E-state index contributed by atoms with van der Waals surface area (Å²) in [5, 5.41) is 3.56. The Balaban J connectivity index is 1.85. The van der Waals surface area contributed by atoms with Gasteiger partial charge in [-0.05, 0) is 56.6 Å². The van der Waals surface area contributed by atoms with Gasteiger partial charge in [-0.2, -0.15) is 0 Å². The van der Waals surface area contributed by atoms with Crippen LogP contribution in [0.4, 0.5) is 5.69 Å². The fourth-order valence-electron chi connectivity index (χ4n) is 2.41. The summed E-state index contributed by atoms with van der Waals surface area (Å²) in [5.41, 5.74) is 1.74. The molecule has 0 aliphatic carbocycles. The van der Waals surface area contributed by atoms with E-state index in [1.807, 2.05) is 19.1 Å². The summed E-state index contributed by atoms with van der Waals surface area (Å²) in [4.78, 5) is 24.8. The van der Waals surface area contributed by atoms with E-state index in [0.29, 0.717) is 11.6 Å². The normalized spacial score (nSPS) is 16.9. The predicted octanol–water partition coefficient (Wildman–Crippen LogP) is 2.50. The number of benzene rings is 1. The van der Waals surface area contributed by atoms with E-state index in [1.54, 1.807) is 6.07 Å². The molecule has 0 unspecified atom stereocenters. The summed E-state index contributed by atoms with van der Waals surface area (Å²) in [5.74, 6) is 0.132. The van der Waals surface area contributed by atoms with Crippen LogP contribution in [0.25, 0.3) is 0 Å². The molecule has 108 valence electrons. The Bertz CT molecular complexity index is 497. The lowest BCUT2D eigenvalue weighted by molar-refractivity contribution is -0.117. The van der Waals surface area contributed by atoms with Crippen LogP contribution in [0.15, 0.2) is 18.2 Å². The number of carbonyl (C=O) groups excluding carboxylic acids is 2. The van der Waals surface area contributed by atoms with E-state index >= 15 is 0 Å². The molecular weight excluding hydrogens is 276 g/mol. The smallest absolute Gasteiger partial charge is 0.238 e. The van der Waals surface area contributed by atoms with E-state index in [-0.39, 0.29) is 11.8 Å². The molecule has 4 nitrogen and oxygen atoms in total. The molecule has 1 heterocycles. The highest BCUT2D eigenvalue weighted by molar-refractivity contribution is 6.30. The Kier molecular flexibility index (Phi) is 5.15. The van der Waals surface area contributed by atoms with Crippen LogP contribution in [-0.4, -0.2) is 36.7 Å². The quantitative estimate of drug-likeness (QED) is 0.868. The van der Waals surface area contributed by atoms with Gasteiger partial charge in [-0.3, -0.25) is 9.69 Å². The lowest BCUT2D eigenvalue weighted by Crippen LogP contribution is -2.39. The number of aldehydes is 1. The largest absolute Gasteiger partial charge is 0.325 e. The number of aryl methyl sites for hydroxylation is 1. The Hall–Kier alpha value is -1.39. The number of nitrogens with zero attached hydrogens (tertiary/aromatic N) is 1. The van der Waals surface area contributed by atoms with Gasteiger partial charge in [0, 0.05) is 16.6 Å². The minimum Gasteiger partial charge on any atom is -0.325 e. The molecule has 5 heteroatoms. The topological polar surface area (TPSA) is 49.4 Å². The monoisotopic (exact) mass is 294 g/mol. The van der Waals surface area contributed by atoms with E-state index in [9.17, 15) is 9.59 Å². The van der Waals surface area contributed by atoms with Crippen LogP contribution in [0.5, 0.6) is 0 Å². The number of anilines is 1. The lowest BCUT2D eigenvalue weighted by atomic mass is 9.99. The number of carbonyl (C=O) groups is 2. The van der Waals surface area contributed by atoms with E-state index < -0.39 is 0 Å². The van der Waals surface area contributed by atoms with E-state index in [4.69, 9.17) is 11.6 Å². The molecule has 1 saturated heterocycles. The Morgan fingerprint density at radius 3 is 2.75 bits per heavy atom. The van der Waals surface area contributed by atoms with Gasteiger partial charge >= 0.3 is 0 Å². The molecule has 0 atom stereocenters. The highest BCUT2D eigenvalue weighted by Crippen LogP contribution is 2.20. The van der Waals surface area contributed by atoms with Gasteiger partial charge in [0.2, 0.25) is 5.91 Å². The minimum atomic E-state index is -0.0278. The standard InChI is InChI=1S/C15H19ClN2O2/c1-11-8-13(16)2-3-14(11)17-15(20)9-18-6-4-12(10-19)5-7-18/h2-3,8,10,12H,4-7,9H2,1H3,(H,17,20). The Morgan fingerprint density at radius 2 is 2.15 bits per heavy atom. The molecule has 0 bridgehead atoms. The number of rotatable bonds is 4. The number of halogens is 1. The first kappa shape index (κ1) is 15.0. The molecule has 1 aliphatic heterocycles. The molecule has 1 aromatic rings. The minimum absolute atomic E-state index is 0.0278.